The second-order valence-electron chi connectivity index (χ2n) is 2.29. The summed E-state index contributed by atoms with van der Waals surface area (Å²) in [5.41, 5.74) is 0. The highest BCUT2D eigenvalue weighted by atomic mass is 28.3. The molecule has 0 saturated heterocycles. The monoisotopic (exact) mass is 126 g/mol. The zero-order valence-corrected chi connectivity index (χ0v) is 6.88. The van der Waals surface area contributed by atoms with Crippen LogP contribution in [-0.2, 0) is 0 Å². The molecule has 0 heterocycles. The van der Waals surface area contributed by atoms with Crippen LogP contribution in [0.3, 0.4) is 0 Å². The molecule has 46 valence electrons. The van der Waals surface area contributed by atoms with Crippen molar-refractivity contribution in [2.45, 2.75) is 19.1 Å². The molecule has 0 rings (SSSR count). The summed E-state index contributed by atoms with van der Waals surface area (Å²) in [6, 6.07) is 1.30. The summed E-state index contributed by atoms with van der Waals surface area (Å²) in [4.78, 5) is 0. The summed E-state index contributed by atoms with van der Waals surface area (Å²) in [5, 5.41) is 0. The van der Waals surface area contributed by atoms with Gasteiger partial charge in [-0.05, 0) is 6.04 Å². The van der Waals surface area contributed by atoms with Gasteiger partial charge in [0.05, 0.1) is 0 Å². The Morgan fingerprint density at radius 1 is 1.50 bits per heavy atom. The lowest BCUT2D eigenvalue weighted by Gasteiger charge is -1.91. The predicted molar refractivity (Wildman–Crippen MR) is 43.0 cm³/mol. The predicted octanol–water partition coefficient (Wildman–Crippen LogP) is 2.22. The van der Waals surface area contributed by atoms with Crippen LogP contribution in [-0.4, -0.2) is 8.80 Å². The average Bonchev–Trinajstić information content (AvgIpc) is 1.66. The van der Waals surface area contributed by atoms with E-state index in [0.29, 0.717) is 0 Å². The van der Waals surface area contributed by atoms with E-state index in [9.17, 15) is 0 Å². The molecule has 0 spiro atoms. The van der Waals surface area contributed by atoms with Gasteiger partial charge in [-0.25, -0.2) is 0 Å². The van der Waals surface area contributed by atoms with Crippen molar-refractivity contribution >= 4 is 8.80 Å². The van der Waals surface area contributed by atoms with Crippen LogP contribution in [0.15, 0.2) is 24.8 Å². The molecule has 0 amide bonds. The molecule has 0 aliphatic heterocycles. The van der Waals surface area contributed by atoms with E-state index in [1.807, 2.05) is 12.2 Å². The lowest BCUT2D eigenvalue weighted by molar-refractivity contribution is 1.61. The molecule has 8 heavy (non-hydrogen) atoms. The minimum atomic E-state index is -0.337. The van der Waals surface area contributed by atoms with Crippen LogP contribution >= 0.6 is 0 Å². The van der Waals surface area contributed by atoms with E-state index in [-0.39, 0.29) is 8.80 Å². The van der Waals surface area contributed by atoms with Gasteiger partial charge >= 0.3 is 0 Å². The fourth-order valence-corrected chi connectivity index (χ4v) is 1.15. The maximum absolute atomic E-state index is 3.59. The zero-order valence-electron chi connectivity index (χ0n) is 5.72. The molecule has 0 radical (unpaired) electrons. The van der Waals surface area contributed by atoms with Gasteiger partial charge in [-0.2, -0.15) is 0 Å². The third-order valence-electron chi connectivity index (χ3n) is 0.880. The van der Waals surface area contributed by atoms with Crippen molar-refractivity contribution in [3.8, 4) is 0 Å². The first-order chi connectivity index (χ1) is 3.77. The summed E-state index contributed by atoms with van der Waals surface area (Å²) in [7, 11) is -0.337. The summed E-state index contributed by atoms with van der Waals surface area (Å²) < 4.78 is 0. The summed E-state index contributed by atoms with van der Waals surface area (Å²) >= 11 is 0. The molecule has 0 N–H and O–H groups in total. The van der Waals surface area contributed by atoms with Crippen LogP contribution in [0.1, 0.15) is 0 Å². The van der Waals surface area contributed by atoms with Crippen LogP contribution < -0.4 is 0 Å². The molecule has 0 aromatic heterocycles. The van der Waals surface area contributed by atoms with Gasteiger partial charge in [-0.15, -0.1) is 0 Å². The highest BCUT2D eigenvalue weighted by Crippen LogP contribution is 1.91. The fraction of sp³-hybridized carbons (Fsp3) is 0.429. The van der Waals surface area contributed by atoms with E-state index in [0.717, 1.165) is 0 Å². The van der Waals surface area contributed by atoms with Crippen LogP contribution in [0.25, 0.3) is 0 Å². The van der Waals surface area contributed by atoms with Gasteiger partial charge in [-0.3, -0.25) is 0 Å². The molecular weight excluding hydrogens is 112 g/mol. The van der Waals surface area contributed by atoms with Crippen molar-refractivity contribution in [3.63, 3.8) is 0 Å². The molecule has 0 saturated carbocycles. The molecule has 0 aromatic rings. The quantitative estimate of drug-likeness (QED) is 0.402. The molecule has 0 atom stereocenters. The van der Waals surface area contributed by atoms with E-state index in [4.69, 9.17) is 0 Å². The van der Waals surface area contributed by atoms with Gasteiger partial charge < -0.3 is 0 Å². The Morgan fingerprint density at radius 2 is 2.12 bits per heavy atom. The van der Waals surface area contributed by atoms with Crippen molar-refractivity contribution in [2.75, 3.05) is 0 Å². The molecular formula is C7H14Si. The Hall–Kier alpha value is -0.303. The largest absolute Gasteiger partial charge is 0.0991 e. The van der Waals surface area contributed by atoms with Crippen molar-refractivity contribution < 1.29 is 0 Å². The molecule has 0 nitrogen and oxygen atoms in total. The first kappa shape index (κ1) is 7.70. The molecule has 0 unspecified atom stereocenters. The van der Waals surface area contributed by atoms with E-state index < -0.39 is 0 Å². The zero-order chi connectivity index (χ0) is 6.41. The Balaban J connectivity index is 3.15. The summed E-state index contributed by atoms with van der Waals surface area (Å²) in [6.07, 6.45) is 6.05. The molecule has 0 fully saturated rings. The lowest BCUT2D eigenvalue weighted by Crippen LogP contribution is -1.94. The van der Waals surface area contributed by atoms with Gasteiger partial charge in [0, 0.05) is 8.80 Å². The van der Waals surface area contributed by atoms with Crippen LogP contribution in [0.2, 0.25) is 19.1 Å². The van der Waals surface area contributed by atoms with Crippen molar-refractivity contribution in [1.29, 1.82) is 0 Å². The first-order valence-electron chi connectivity index (χ1n) is 3.05. The second kappa shape index (κ2) is 4.85. The number of hydrogen-bond acceptors (Lipinski definition) is 0. The highest BCUT2D eigenvalue weighted by molar-refractivity contribution is 6.56. The Morgan fingerprint density at radius 3 is 2.50 bits per heavy atom. The van der Waals surface area contributed by atoms with Crippen LogP contribution in [0, 0.1) is 0 Å². The number of hydrogen-bond donors (Lipinski definition) is 0. The van der Waals surface area contributed by atoms with E-state index in [2.05, 4.69) is 25.7 Å². The molecule has 0 aliphatic rings. The molecule has 0 aromatic carbocycles. The van der Waals surface area contributed by atoms with Gasteiger partial charge in [0.15, 0.2) is 0 Å². The maximum atomic E-state index is 3.59. The Kier molecular flexibility index (Phi) is 4.66. The SMILES string of the molecule is C=CC=CC[SiH](C)C. The first-order valence-corrected chi connectivity index (χ1v) is 6.17. The third-order valence-corrected chi connectivity index (χ3v) is 2.09. The summed E-state index contributed by atoms with van der Waals surface area (Å²) in [6.45, 7) is 8.27. The molecule has 0 bridgehead atoms. The van der Waals surface area contributed by atoms with Crippen molar-refractivity contribution in [3.05, 3.63) is 24.8 Å². The normalized spacial score (nSPS) is 10.9. The Bertz CT molecular complexity index is 82.4. The molecule has 1 heteroatoms. The minimum Gasteiger partial charge on any atom is -0.0991 e. The smallest absolute Gasteiger partial charge is 0.0344 e. The highest BCUT2D eigenvalue weighted by Gasteiger charge is 1.86. The third kappa shape index (κ3) is 5.70. The van der Waals surface area contributed by atoms with Crippen molar-refractivity contribution in [2.24, 2.45) is 0 Å². The number of rotatable bonds is 3. The van der Waals surface area contributed by atoms with Gasteiger partial charge in [0.25, 0.3) is 0 Å². The van der Waals surface area contributed by atoms with E-state index in [1.54, 1.807) is 0 Å². The standard InChI is InChI=1S/C7H14Si/c1-4-5-6-7-8(2)3/h4-6,8H,1,7H2,2-3H3. The topological polar surface area (TPSA) is 0 Å². The molecule has 0 aliphatic carbocycles. The van der Waals surface area contributed by atoms with Gasteiger partial charge in [0.1, 0.15) is 0 Å². The van der Waals surface area contributed by atoms with Crippen molar-refractivity contribution in [1.82, 2.24) is 0 Å². The fourth-order valence-electron chi connectivity index (χ4n) is 0.447. The number of allylic oxidation sites excluding steroid dienone is 3. The second-order valence-corrected chi connectivity index (χ2v) is 5.55. The van der Waals surface area contributed by atoms with E-state index >= 15 is 0 Å². The maximum Gasteiger partial charge on any atom is 0.0344 e. The van der Waals surface area contributed by atoms with E-state index in [1.165, 1.54) is 6.04 Å². The Labute approximate surface area is 53.5 Å². The average molecular weight is 126 g/mol. The summed E-state index contributed by atoms with van der Waals surface area (Å²) in [5.74, 6) is 0. The van der Waals surface area contributed by atoms with Crippen LogP contribution in [0.4, 0.5) is 0 Å². The van der Waals surface area contributed by atoms with Gasteiger partial charge in [-0.1, -0.05) is 37.9 Å². The van der Waals surface area contributed by atoms with Gasteiger partial charge in [0.2, 0.25) is 0 Å². The lowest BCUT2D eigenvalue weighted by atomic mass is 10.5. The minimum absolute atomic E-state index is 0.337. The van der Waals surface area contributed by atoms with Crippen LogP contribution in [0.5, 0.6) is 0 Å².